The highest BCUT2D eigenvalue weighted by Gasteiger charge is 2.38. The molecule has 3 N–H and O–H groups in total. The zero-order chi connectivity index (χ0) is 15.4. The zero-order valence-corrected chi connectivity index (χ0v) is 13.5. The molecule has 118 valence electrons. The van der Waals surface area contributed by atoms with Crippen molar-refractivity contribution in [1.29, 1.82) is 0 Å². The molecule has 0 unspecified atom stereocenters. The summed E-state index contributed by atoms with van der Waals surface area (Å²) in [5, 5.41) is 11.9. The van der Waals surface area contributed by atoms with Gasteiger partial charge in [0.05, 0.1) is 6.20 Å². The molecule has 2 saturated carbocycles. The third-order valence-corrected chi connectivity index (χ3v) is 6.19. The van der Waals surface area contributed by atoms with E-state index in [1.165, 1.54) is 18.4 Å². The van der Waals surface area contributed by atoms with E-state index in [9.17, 15) is 5.02 Å². The maximum absolute atomic E-state index is 10.0. The molecule has 3 heterocycles. The smallest absolute Gasteiger partial charge is 0.531 e. The Morgan fingerprint density at radius 3 is 3.09 bits per heavy atom. The molecule has 2 aliphatic carbocycles. The molecule has 2 fully saturated rings. The molecule has 3 aliphatic rings. The Morgan fingerprint density at radius 1 is 1.39 bits per heavy atom. The quantitative estimate of drug-likeness (QED) is 0.595. The van der Waals surface area contributed by atoms with Gasteiger partial charge in [0.2, 0.25) is 0 Å². The summed E-state index contributed by atoms with van der Waals surface area (Å²) in [7, 11) is -0.872. The Balaban J connectivity index is 1.41. The molecular formula is C16H18BN3O2S. The van der Waals surface area contributed by atoms with Gasteiger partial charge < -0.3 is 14.7 Å². The number of H-pyrrole nitrogens is 1. The summed E-state index contributed by atoms with van der Waals surface area (Å²) in [5.41, 5.74) is 3.17. The van der Waals surface area contributed by atoms with Crippen LogP contribution in [0, 0.1) is 5.92 Å². The van der Waals surface area contributed by atoms with E-state index in [2.05, 4.69) is 14.7 Å². The molecule has 0 atom stereocenters. The largest absolute Gasteiger partial charge is 0.552 e. The number of hydrogen-bond donors (Lipinski definition) is 3. The molecule has 2 aromatic heterocycles. The second-order valence-corrected chi connectivity index (χ2v) is 7.81. The van der Waals surface area contributed by atoms with Gasteiger partial charge in [0.25, 0.3) is 0 Å². The lowest BCUT2D eigenvalue weighted by atomic mass is 9.68. The predicted octanol–water partition coefficient (Wildman–Crippen LogP) is 2.54. The van der Waals surface area contributed by atoms with Gasteiger partial charge in [-0.05, 0) is 49.2 Å². The van der Waals surface area contributed by atoms with E-state index < -0.39 is 7.12 Å². The second kappa shape index (κ2) is 5.29. The fraction of sp³-hybridized carbons (Fsp3) is 0.438. The summed E-state index contributed by atoms with van der Waals surface area (Å²) in [6.07, 6.45) is 8.56. The Bertz CT molecular complexity index is 783. The highest BCUT2D eigenvalue weighted by atomic mass is 32.2. The number of aromatic amines is 1. The third kappa shape index (κ3) is 2.47. The van der Waals surface area contributed by atoms with Gasteiger partial charge in [-0.3, -0.25) is 4.72 Å². The molecule has 7 heteroatoms. The minimum atomic E-state index is -0.872. The molecule has 0 saturated heterocycles. The predicted molar refractivity (Wildman–Crippen MR) is 92.9 cm³/mol. The van der Waals surface area contributed by atoms with E-state index in [0.29, 0.717) is 17.7 Å². The number of pyridine rings is 1. The van der Waals surface area contributed by atoms with Crippen LogP contribution < -0.4 is 9.38 Å². The molecule has 5 rings (SSSR count). The van der Waals surface area contributed by atoms with Crippen LogP contribution in [0.4, 0.5) is 0 Å². The average molecular weight is 327 g/mol. The van der Waals surface area contributed by atoms with Gasteiger partial charge in [-0.2, -0.15) is 0 Å². The van der Waals surface area contributed by atoms with Crippen LogP contribution in [0.2, 0.25) is 0 Å². The van der Waals surface area contributed by atoms with Gasteiger partial charge in [0.1, 0.15) is 11.4 Å². The molecule has 1 aliphatic heterocycles. The number of rotatable bonds is 4. The lowest BCUT2D eigenvalue weighted by Gasteiger charge is -2.39. The maximum atomic E-state index is 10.0. The lowest BCUT2D eigenvalue weighted by molar-refractivity contribution is 0.315. The van der Waals surface area contributed by atoms with Crippen LogP contribution in [-0.4, -0.2) is 33.4 Å². The van der Waals surface area contributed by atoms with E-state index >= 15 is 0 Å². The summed E-state index contributed by atoms with van der Waals surface area (Å²) >= 11 is 1.91. The van der Waals surface area contributed by atoms with E-state index in [1.807, 2.05) is 30.2 Å². The Kier molecular flexibility index (Phi) is 3.21. The van der Waals surface area contributed by atoms with Crippen LogP contribution in [0.5, 0.6) is 5.75 Å². The van der Waals surface area contributed by atoms with Gasteiger partial charge >= 0.3 is 7.12 Å². The summed E-state index contributed by atoms with van der Waals surface area (Å²) in [5.74, 6) is 3.03. The maximum Gasteiger partial charge on any atom is 0.552 e. The van der Waals surface area contributed by atoms with Gasteiger partial charge in [0, 0.05) is 28.4 Å². The number of aromatic nitrogens is 2. The molecule has 0 bridgehead atoms. The van der Waals surface area contributed by atoms with Crippen LogP contribution in [0.1, 0.15) is 31.2 Å². The van der Waals surface area contributed by atoms with Crippen molar-refractivity contribution < 1.29 is 9.68 Å². The molecular weight excluding hydrogens is 309 g/mol. The van der Waals surface area contributed by atoms with Crippen molar-refractivity contribution in [2.45, 2.75) is 37.0 Å². The van der Waals surface area contributed by atoms with Crippen molar-refractivity contribution in [3.8, 4) is 5.75 Å². The first-order valence-corrected chi connectivity index (χ1v) is 9.10. The van der Waals surface area contributed by atoms with E-state index in [-0.39, 0.29) is 0 Å². The first-order chi connectivity index (χ1) is 11.3. The number of allylic oxidation sites excluding steroid dienone is 1. The standard InChI is InChI=1S/C16H18BN3O2S/c21-17-7-13(9-5-10(6-9)20-23-11-1-2-11)15-12-3-4-18-16(12)19-8-14(15)22-17/h3-4,7-11,20-21H,1-2,5-6H2,(H,18,19). The summed E-state index contributed by atoms with van der Waals surface area (Å²) in [6, 6.07) is 2.62. The van der Waals surface area contributed by atoms with Gasteiger partial charge in [0.15, 0.2) is 0 Å². The molecule has 0 amide bonds. The van der Waals surface area contributed by atoms with E-state index in [1.54, 1.807) is 6.20 Å². The van der Waals surface area contributed by atoms with E-state index in [4.69, 9.17) is 4.65 Å². The highest BCUT2D eigenvalue weighted by Crippen LogP contribution is 2.46. The minimum Gasteiger partial charge on any atom is -0.531 e. The lowest BCUT2D eigenvalue weighted by Crippen LogP contribution is -2.39. The Morgan fingerprint density at radius 2 is 2.26 bits per heavy atom. The van der Waals surface area contributed by atoms with Crippen LogP contribution >= 0.6 is 11.9 Å². The molecule has 0 spiro atoms. The highest BCUT2D eigenvalue weighted by molar-refractivity contribution is 7.98. The van der Waals surface area contributed by atoms with Crippen molar-refractivity contribution in [1.82, 2.24) is 14.7 Å². The van der Waals surface area contributed by atoms with Crippen LogP contribution in [0.3, 0.4) is 0 Å². The molecule has 0 radical (unpaired) electrons. The van der Waals surface area contributed by atoms with Crippen LogP contribution in [-0.2, 0) is 0 Å². The summed E-state index contributed by atoms with van der Waals surface area (Å²) in [6.45, 7) is 0. The second-order valence-electron chi connectivity index (χ2n) is 6.67. The van der Waals surface area contributed by atoms with Crippen molar-refractivity contribution in [3.63, 3.8) is 0 Å². The average Bonchev–Trinajstić information content (AvgIpc) is 3.19. The van der Waals surface area contributed by atoms with Crippen LogP contribution in [0.25, 0.3) is 16.6 Å². The van der Waals surface area contributed by atoms with Crippen molar-refractivity contribution >= 4 is 35.7 Å². The SMILES string of the molecule is OB1C=C(C2CC(NSC3CC3)C2)c2c(cnc3[nH]ccc23)O1. The van der Waals surface area contributed by atoms with E-state index in [0.717, 1.165) is 34.7 Å². The Hall–Kier alpha value is -1.44. The van der Waals surface area contributed by atoms with Gasteiger partial charge in [-0.25, -0.2) is 4.98 Å². The summed E-state index contributed by atoms with van der Waals surface area (Å²) < 4.78 is 9.15. The monoisotopic (exact) mass is 327 g/mol. The zero-order valence-electron chi connectivity index (χ0n) is 12.7. The third-order valence-electron chi connectivity index (χ3n) is 4.91. The number of fused-ring (bicyclic) bond motifs is 3. The first-order valence-electron chi connectivity index (χ1n) is 8.22. The normalized spacial score (nSPS) is 26.5. The number of nitrogens with one attached hydrogen (secondary N) is 2. The van der Waals surface area contributed by atoms with Crippen molar-refractivity contribution in [2.24, 2.45) is 5.92 Å². The molecule has 2 aromatic rings. The fourth-order valence-electron chi connectivity index (χ4n) is 3.46. The van der Waals surface area contributed by atoms with Crippen molar-refractivity contribution in [3.05, 3.63) is 30.0 Å². The van der Waals surface area contributed by atoms with Gasteiger partial charge in [-0.15, -0.1) is 0 Å². The van der Waals surface area contributed by atoms with Crippen LogP contribution in [0.15, 0.2) is 24.4 Å². The Labute approximate surface area is 139 Å². The topological polar surface area (TPSA) is 70.2 Å². The fourth-order valence-corrected chi connectivity index (χ4v) is 4.41. The number of nitrogens with zero attached hydrogens (tertiary/aromatic N) is 1. The molecule has 0 aromatic carbocycles. The van der Waals surface area contributed by atoms with Crippen molar-refractivity contribution in [2.75, 3.05) is 0 Å². The summed E-state index contributed by atoms with van der Waals surface area (Å²) in [4.78, 5) is 7.52. The molecule has 23 heavy (non-hydrogen) atoms. The number of hydrogen-bond acceptors (Lipinski definition) is 5. The minimum absolute atomic E-state index is 0.477. The molecule has 5 nitrogen and oxygen atoms in total. The first kappa shape index (κ1) is 14.0. The van der Waals surface area contributed by atoms with Gasteiger partial charge in [-0.1, -0.05) is 11.9 Å².